The standard InChI is InChI=1S/C15H18N2O/c1-3-8-12(4-2)11-14(16)15(18)17-13-9-6-5-7-10-13/h3-10,14H,1-2,11,16H2,(H,17,18)/b12-8+. The average molecular weight is 242 g/mol. The molecular formula is C15H18N2O. The van der Waals surface area contributed by atoms with Crippen LogP contribution in [0.1, 0.15) is 6.42 Å². The van der Waals surface area contributed by atoms with E-state index in [0.29, 0.717) is 6.42 Å². The molecule has 0 bridgehead atoms. The number of hydrogen-bond donors (Lipinski definition) is 2. The van der Waals surface area contributed by atoms with E-state index in [4.69, 9.17) is 5.73 Å². The normalized spacial score (nSPS) is 12.6. The molecule has 1 amide bonds. The Morgan fingerprint density at radius 2 is 2.00 bits per heavy atom. The van der Waals surface area contributed by atoms with E-state index in [-0.39, 0.29) is 5.91 Å². The second kappa shape index (κ2) is 7.25. The molecule has 0 aliphatic heterocycles. The highest BCUT2D eigenvalue weighted by atomic mass is 16.2. The van der Waals surface area contributed by atoms with Crippen molar-refractivity contribution in [1.82, 2.24) is 0 Å². The van der Waals surface area contributed by atoms with Gasteiger partial charge in [-0.25, -0.2) is 0 Å². The lowest BCUT2D eigenvalue weighted by Crippen LogP contribution is -2.35. The largest absolute Gasteiger partial charge is 0.325 e. The van der Waals surface area contributed by atoms with Gasteiger partial charge in [0, 0.05) is 5.69 Å². The van der Waals surface area contributed by atoms with Crippen LogP contribution in [0.5, 0.6) is 0 Å². The molecule has 0 saturated heterocycles. The predicted molar refractivity (Wildman–Crippen MR) is 76.1 cm³/mol. The van der Waals surface area contributed by atoms with Gasteiger partial charge in [0.05, 0.1) is 6.04 Å². The molecule has 0 fully saturated rings. The van der Waals surface area contributed by atoms with Crippen molar-refractivity contribution >= 4 is 11.6 Å². The van der Waals surface area contributed by atoms with E-state index >= 15 is 0 Å². The Balaban J connectivity index is 2.59. The molecular weight excluding hydrogens is 224 g/mol. The minimum atomic E-state index is -0.602. The van der Waals surface area contributed by atoms with Gasteiger partial charge in [0.2, 0.25) is 5.91 Å². The van der Waals surface area contributed by atoms with Gasteiger partial charge in [-0.3, -0.25) is 4.79 Å². The fourth-order valence-corrected chi connectivity index (χ4v) is 1.47. The number of anilines is 1. The van der Waals surface area contributed by atoms with Crippen LogP contribution in [-0.4, -0.2) is 11.9 Å². The fraction of sp³-hybridized carbons (Fsp3) is 0.133. The van der Waals surface area contributed by atoms with Crippen LogP contribution in [0.4, 0.5) is 5.69 Å². The summed E-state index contributed by atoms with van der Waals surface area (Å²) in [6.07, 6.45) is 5.56. The van der Waals surface area contributed by atoms with E-state index in [1.165, 1.54) is 0 Å². The monoisotopic (exact) mass is 242 g/mol. The molecule has 0 radical (unpaired) electrons. The van der Waals surface area contributed by atoms with Crippen LogP contribution in [0.25, 0.3) is 0 Å². The van der Waals surface area contributed by atoms with Crippen LogP contribution < -0.4 is 11.1 Å². The molecule has 3 N–H and O–H groups in total. The minimum absolute atomic E-state index is 0.210. The van der Waals surface area contributed by atoms with Crippen molar-refractivity contribution in [2.45, 2.75) is 12.5 Å². The molecule has 3 nitrogen and oxygen atoms in total. The zero-order chi connectivity index (χ0) is 13.4. The second-order valence-electron chi connectivity index (χ2n) is 3.85. The molecule has 0 saturated carbocycles. The molecule has 3 heteroatoms. The molecule has 0 aliphatic rings. The van der Waals surface area contributed by atoms with Gasteiger partial charge in [0.15, 0.2) is 0 Å². The van der Waals surface area contributed by atoms with Crippen molar-refractivity contribution < 1.29 is 4.79 Å². The smallest absolute Gasteiger partial charge is 0.241 e. The first-order valence-electron chi connectivity index (χ1n) is 5.73. The van der Waals surface area contributed by atoms with E-state index in [1.807, 2.05) is 30.3 Å². The predicted octanol–water partition coefficient (Wildman–Crippen LogP) is 2.64. The van der Waals surface area contributed by atoms with E-state index in [0.717, 1.165) is 11.3 Å². The van der Waals surface area contributed by atoms with Crippen LogP contribution in [0, 0.1) is 0 Å². The Morgan fingerprint density at radius 1 is 1.33 bits per heavy atom. The summed E-state index contributed by atoms with van der Waals surface area (Å²) >= 11 is 0. The van der Waals surface area contributed by atoms with Gasteiger partial charge < -0.3 is 11.1 Å². The SMILES string of the molecule is C=C/C=C(\C=C)CC(N)C(=O)Nc1ccccc1. The average Bonchev–Trinajstić information content (AvgIpc) is 2.39. The van der Waals surface area contributed by atoms with Crippen molar-refractivity contribution in [3.63, 3.8) is 0 Å². The Hall–Kier alpha value is -2.13. The van der Waals surface area contributed by atoms with Crippen LogP contribution in [-0.2, 0) is 4.79 Å². The zero-order valence-electron chi connectivity index (χ0n) is 10.3. The summed E-state index contributed by atoms with van der Waals surface area (Å²) in [5.74, 6) is -0.210. The van der Waals surface area contributed by atoms with Crippen LogP contribution >= 0.6 is 0 Å². The number of benzene rings is 1. The first-order valence-corrected chi connectivity index (χ1v) is 5.73. The zero-order valence-corrected chi connectivity index (χ0v) is 10.3. The topological polar surface area (TPSA) is 55.1 Å². The summed E-state index contributed by atoms with van der Waals surface area (Å²) in [5.41, 5.74) is 7.47. The lowest BCUT2D eigenvalue weighted by atomic mass is 10.1. The highest BCUT2D eigenvalue weighted by molar-refractivity contribution is 5.94. The first-order chi connectivity index (χ1) is 8.67. The van der Waals surface area contributed by atoms with Gasteiger partial charge in [-0.2, -0.15) is 0 Å². The lowest BCUT2D eigenvalue weighted by molar-refractivity contribution is -0.117. The third-order valence-corrected chi connectivity index (χ3v) is 2.43. The first kappa shape index (κ1) is 13.9. The number of nitrogens with two attached hydrogens (primary N) is 1. The Labute approximate surface area is 108 Å². The molecule has 94 valence electrons. The Morgan fingerprint density at radius 3 is 2.56 bits per heavy atom. The van der Waals surface area contributed by atoms with Gasteiger partial charge in [-0.15, -0.1) is 0 Å². The van der Waals surface area contributed by atoms with Crippen LogP contribution in [0.2, 0.25) is 0 Å². The fourth-order valence-electron chi connectivity index (χ4n) is 1.47. The molecule has 18 heavy (non-hydrogen) atoms. The number of para-hydroxylation sites is 1. The highest BCUT2D eigenvalue weighted by Crippen LogP contribution is 2.09. The van der Waals surface area contributed by atoms with Gasteiger partial charge in [0.1, 0.15) is 0 Å². The summed E-state index contributed by atoms with van der Waals surface area (Å²) in [4.78, 5) is 11.8. The van der Waals surface area contributed by atoms with Gasteiger partial charge in [-0.1, -0.05) is 49.6 Å². The minimum Gasteiger partial charge on any atom is -0.325 e. The molecule has 0 heterocycles. The van der Waals surface area contributed by atoms with Gasteiger partial charge in [0.25, 0.3) is 0 Å². The van der Waals surface area contributed by atoms with Crippen molar-refractivity contribution in [2.75, 3.05) is 5.32 Å². The summed E-state index contributed by atoms with van der Waals surface area (Å²) in [6.45, 7) is 7.28. The summed E-state index contributed by atoms with van der Waals surface area (Å²) in [5, 5.41) is 2.76. The van der Waals surface area contributed by atoms with Gasteiger partial charge >= 0.3 is 0 Å². The Bertz CT molecular complexity index is 449. The second-order valence-corrected chi connectivity index (χ2v) is 3.85. The third-order valence-electron chi connectivity index (χ3n) is 2.43. The summed E-state index contributed by atoms with van der Waals surface area (Å²) < 4.78 is 0. The van der Waals surface area contributed by atoms with Crippen molar-refractivity contribution in [3.8, 4) is 0 Å². The molecule has 1 atom stereocenters. The maximum Gasteiger partial charge on any atom is 0.241 e. The quantitative estimate of drug-likeness (QED) is 0.753. The van der Waals surface area contributed by atoms with Crippen molar-refractivity contribution in [2.24, 2.45) is 5.73 Å². The number of hydrogen-bond acceptors (Lipinski definition) is 2. The maximum absolute atomic E-state index is 11.8. The number of allylic oxidation sites excluding steroid dienone is 3. The van der Waals surface area contributed by atoms with Gasteiger partial charge in [-0.05, 0) is 24.1 Å². The molecule has 0 aromatic heterocycles. The van der Waals surface area contributed by atoms with Crippen molar-refractivity contribution in [3.05, 3.63) is 67.3 Å². The Kier molecular flexibility index (Phi) is 5.61. The molecule has 0 spiro atoms. The molecule has 1 aromatic carbocycles. The van der Waals surface area contributed by atoms with E-state index in [1.54, 1.807) is 18.2 Å². The third kappa shape index (κ3) is 4.39. The van der Waals surface area contributed by atoms with E-state index in [9.17, 15) is 4.79 Å². The van der Waals surface area contributed by atoms with Crippen LogP contribution in [0.3, 0.4) is 0 Å². The number of carbonyl (C=O) groups is 1. The molecule has 1 aromatic rings. The van der Waals surface area contributed by atoms with Crippen molar-refractivity contribution in [1.29, 1.82) is 0 Å². The van der Waals surface area contributed by atoms with Crippen LogP contribution in [0.15, 0.2) is 67.3 Å². The molecule has 1 rings (SSSR count). The van der Waals surface area contributed by atoms with E-state index in [2.05, 4.69) is 18.5 Å². The summed E-state index contributed by atoms with van der Waals surface area (Å²) in [7, 11) is 0. The number of rotatable bonds is 6. The number of nitrogens with one attached hydrogen (secondary N) is 1. The summed E-state index contributed by atoms with van der Waals surface area (Å²) in [6, 6.07) is 8.63. The highest BCUT2D eigenvalue weighted by Gasteiger charge is 2.14. The lowest BCUT2D eigenvalue weighted by Gasteiger charge is -2.12. The number of amides is 1. The molecule has 0 aliphatic carbocycles. The van der Waals surface area contributed by atoms with E-state index < -0.39 is 6.04 Å². The molecule has 1 unspecified atom stereocenters. The number of carbonyl (C=O) groups excluding carboxylic acids is 1. The maximum atomic E-state index is 11.8.